The summed E-state index contributed by atoms with van der Waals surface area (Å²) in [5, 5.41) is 10.8. The Labute approximate surface area is 182 Å². The maximum Gasteiger partial charge on any atom is 0.272 e. The SMILES string of the molecule is CN1C(=O)[C@@H](NC(=O)c2cn(Cc3ccccc3)cn2)CSc2cc3[nH]ncc3cc21. The molecule has 0 saturated heterocycles. The molecule has 1 aliphatic heterocycles. The van der Waals surface area contributed by atoms with Gasteiger partial charge >= 0.3 is 0 Å². The van der Waals surface area contributed by atoms with Crippen LogP contribution >= 0.6 is 11.8 Å². The first-order valence-electron chi connectivity index (χ1n) is 9.82. The van der Waals surface area contributed by atoms with E-state index >= 15 is 0 Å². The zero-order valence-corrected chi connectivity index (χ0v) is 17.6. The second kappa shape index (κ2) is 7.92. The summed E-state index contributed by atoms with van der Waals surface area (Å²) in [5.74, 6) is -0.0840. The quantitative estimate of drug-likeness (QED) is 0.517. The number of H-pyrrole nitrogens is 1. The number of nitrogens with zero attached hydrogens (tertiary/aromatic N) is 4. The second-order valence-corrected chi connectivity index (χ2v) is 8.49. The Bertz CT molecular complexity index is 1270. The first-order chi connectivity index (χ1) is 15.1. The Morgan fingerprint density at radius 3 is 2.97 bits per heavy atom. The van der Waals surface area contributed by atoms with Crippen LogP contribution in [0.4, 0.5) is 5.69 Å². The summed E-state index contributed by atoms with van der Waals surface area (Å²) in [6.45, 7) is 0.624. The minimum Gasteiger partial charge on any atom is -0.338 e. The molecular weight excluding hydrogens is 412 g/mol. The first-order valence-corrected chi connectivity index (χ1v) is 10.8. The lowest BCUT2D eigenvalue weighted by atomic mass is 10.2. The molecule has 5 rings (SSSR count). The van der Waals surface area contributed by atoms with Crippen molar-refractivity contribution in [2.45, 2.75) is 17.5 Å². The summed E-state index contributed by atoms with van der Waals surface area (Å²) >= 11 is 1.54. The van der Waals surface area contributed by atoms with E-state index in [0.717, 1.165) is 27.0 Å². The molecule has 2 aromatic carbocycles. The third-order valence-corrected chi connectivity index (χ3v) is 6.43. The molecule has 2 aromatic heterocycles. The minimum absolute atomic E-state index is 0.161. The van der Waals surface area contributed by atoms with Gasteiger partial charge in [-0.3, -0.25) is 14.7 Å². The van der Waals surface area contributed by atoms with Gasteiger partial charge in [0.15, 0.2) is 0 Å². The summed E-state index contributed by atoms with van der Waals surface area (Å²) in [4.78, 5) is 32.6. The summed E-state index contributed by atoms with van der Waals surface area (Å²) in [6, 6.07) is 13.2. The smallest absolute Gasteiger partial charge is 0.272 e. The van der Waals surface area contributed by atoms with E-state index in [-0.39, 0.29) is 17.5 Å². The summed E-state index contributed by atoms with van der Waals surface area (Å²) in [6.07, 6.45) is 5.06. The van der Waals surface area contributed by atoms with Gasteiger partial charge in [-0.05, 0) is 17.7 Å². The number of thioether (sulfide) groups is 1. The van der Waals surface area contributed by atoms with E-state index in [2.05, 4.69) is 20.5 Å². The highest BCUT2D eigenvalue weighted by atomic mass is 32.2. The Kier molecular flexibility index (Phi) is 4.95. The summed E-state index contributed by atoms with van der Waals surface area (Å²) in [5.41, 5.74) is 3.14. The number of likely N-dealkylation sites (N-methyl/N-ethyl adjacent to an activating group) is 1. The van der Waals surface area contributed by atoms with E-state index in [4.69, 9.17) is 0 Å². The number of imidazole rings is 1. The fraction of sp³-hybridized carbons (Fsp3) is 0.182. The molecule has 2 amide bonds. The van der Waals surface area contributed by atoms with Gasteiger partial charge in [0.2, 0.25) is 5.91 Å². The van der Waals surface area contributed by atoms with Gasteiger partial charge in [-0.15, -0.1) is 11.8 Å². The molecular formula is C22H20N6O2S. The number of benzene rings is 2. The Morgan fingerprint density at radius 2 is 2.13 bits per heavy atom. The Balaban J connectivity index is 1.31. The molecule has 8 nitrogen and oxygen atoms in total. The molecule has 9 heteroatoms. The Hall–Kier alpha value is -3.59. The van der Waals surface area contributed by atoms with Gasteiger partial charge in [0.25, 0.3) is 5.91 Å². The van der Waals surface area contributed by atoms with Crippen molar-refractivity contribution in [2.75, 3.05) is 17.7 Å². The number of anilines is 1. The number of nitrogens with one attached hydrogen (secondary N) is 2. The van der Waals surface area contributed by atoms with Gasteiger partial charge in [0.05, 0.1) is 23.7 Å². The molecule has 0 spiro atoms. The van der Waals surface area contributed by atoms with Crippen LogP contribution in [0.25, 0.3) is 10.9 Å². The molecule has 0 fully saturated rings. The van der Waals surface area contributed by atoms with Crippen LogP contribution in [-0.4, -0.2) is 50.4 Å². The minimum atomic E-state index is -0.648. The predicted molar refractivity (Wildman–Crippen MR) is 119 cm³/mol. The van der Waals surface area contributed by atoms with Crippen LogP contribution in [0.1, 0.15) is 16.1 Å². The topological polar surface area (TPSA) is 95.9 Å². The van der Waals surface area contributed by atoms with E-state index in [1.807, 2.05) is 47.0 Å². The summed E-state index contributed by atoms with van der Waals surface area (Å²) < 4.78 is 1.85. The molecule has 1 aliphatic rings. The lowest BCUT2D eigenvalue weighted by Crippen LogP contribution is -2.48. The largest absolute Gasteiger partial charge is 0.338 e. The molecule has 3 heterocycles. The summed E-state index contributed by atoms with van der Waals surface area (Å²) in [7, 11) is 1.73. The number of fused-ring (bicyclic) bond motifs is 2. The van der Waals surface area contributed by atoms with Crippen molar-refractivity contribution >= 4 is 40.2 Å². The van der Waals surface area contributed by atoms with Crippen molar-refractivity contribution in [1.29, 1.82) is 0 Å². The van der Waals surface area contributed by atoms with E-state index in [1.165, 1.54) is 11.8 Å². The third-order valence-electron chi connectivity index (χ3n) is 5.29. The first kappa shape index (κ1) is 19.4. The van der Waals surface area contributed by atoms with Crippen LogP contribution in [0.15, 0.2) is 66.1 Å². The number of carbonyl (C=O) groups excluding carboxylic acids is 2. The fourth-order valence-electron chi connectivity index (χ4n) is 3.63. The average Bonchev–Trinajstić information content (AvgIpc) is 3.42. The molecule has 1 atom stereocenters. The Morgan fingerprint density at radius 1 is 1.29 bits per heavy atom. The van der Waals surface area contributed by atoms with Crippen LogP contribution < -0.4 is 10.2 Å². The number of rotatable bonds is 4. The predicted octanol–water partition coefficient (Wildman–Crippen LogP) is 2.67. The van der Waals surface area contributed by atoms with E-state index in [0.29, 0.717) is 12.3 Å². The zero-order chi connectivity index (χ0) is 21.4. The number of hydrogen-bond donors (Lipinski definition) is 2. The number of aromatic amines is 1. The zero-order valence-electron chi connectivity index (χ0n) is 16.8. The van der Waals surface area contributed by atoms with Crippen molar-refractivity contribution < 1.29 is 9.59 Å². The maximum absolute atomic E-state index is 13.0. The second-order valence-electron chi connectivity index (χ2n) is 7.43. The number of hydrogen-bond acceptors (Lipinski definition) is 5. The average molecular weight is 433 g/mol. The molecule has 156 valence electrons. The molecule has 0 bridgehead atoms. The molecule has 2 N–H and O–H groups in total. The van der Waals surface area contributed by atoms with Crippen molar-refractivity contribution in [3.8, 4) is 0 Å². The highest BCUT2D eigenvalue weighted by Crippen LogP contribution is 2.36. The van der Waals surface area contributed by atoms with E-state index < -0.39 is 6.04 Å². The van der Waals surface area contributed by atoms with Gasteiger partial charge in [0, 0.05) is 35.8 Å². The van der Waals surface area contributed by atoms with Crippen LogP contribution in [-0.2, 0) is 11.3 Å². The van der Waals surface area contributed by atoms with Crippen LogP contribution in [0.2, 0.25) is 0 Å². The number of aromatic nitrogens is 4. The van der Waals surface area contributed by atoms with Crippen LogP contribution in [0, 0.1) is 0 Å². The van der Waals surface area contributed by atoms with Gasteiger partial charge in [-0.1, -0.05) is 30.3 Å². The molecule has 0 radical (unpaired) electrons. The molecule has 4 aromatic rings. The lowest BCUT2D eigenvalue weighted by molar-refractivity contribution is -0.119. The lowest BCUT2D eigenvalue weighted by Gasteiger charge is -2.21. The van der Waals surface area contributed by atoms with Crippen molar-refractivity contribution in [3.63, 3.8) is 0 Å². The number of amides is 2. The van der Waals surface area contributed by atoms with Crippen molar-refractivity contribution in [2.24, 2.45) is 0 Å². The molecule has 0 unspecified atom stereocenters. The van der Waals surface area contributed by atoms with E-state index in [9.17, 15) is 9.59 Å². The number of carbonyl (C=O) groups is 2. The van der Waals surface area contributed by atoms with E-state index in [1.54, 1.807) is 30.7 Å². The van der Waals surface area contributed by atoms with Crippen molar-refractivity contribution in [1.82, 2.24) is 25.1 Å². The van der Waals surface area contributed by atoms with Gasteiger partial charge in [-0.25, -0.2) is 4.98 Å². The van der Waals surface area contributed by atoms with Crippen LogP contribution in [0.5, 0.6) is 0 Å². The van der Waals surface area contributed by atoms with Gasteiger partial charge < -0.3 is 14.8 Å². The van der Waals surface area contributed by atoms with Gasteiger partial charge in [0.1, 0.15) is 11.7 Å². The molecule has 0 saturated carbocycles. The molecule has 0 aliphatic carbocycles. The fourth-order valence-corrected chi connectivity index (χ4v) is 4.74. The van der Waals surface area contributed by atoms with Crippen molar-refractivity contribution in [3.05, 3.63) is 72.4 Å². The van der Waals surface area contributed by atoms with Gasteiger partial charge in [-0.2, -0.15) is 5.10 Å². The highest BCUT2D eigenvalue weighted by molar-refractivity contribution is 7.99. The highest BCUT2D eigenvalue weighted by Gasteiger charge is 2.31. The van der Waals surface area contributed by atoms with Crippen LogP contribution in [0.3, 0.4) is 0 Å². The normalized spacial score (nSPS) is 16.2. The molecule has 31 heavy (non-hydrogen) atoms. The maximum atomic E-state index is 13.0. The third kappa shape index (κ3) is 3.79. The monoisotopic (exact) mass is 432 g/mol. The standard InChI is InChI=1S/C22H20N6O2S/c1-27-19-7-15-9-24-26-16(15)8-20(19)31-12-18(22(27)30)25-21(29)17-11-28(13-23-17)10-14-5-3-2-4-6-14/h2-9,11,13,18H,10,12H2,1H3,(H,24,26)(H,25,29)/t18-/m0/s1.